The molecule has 2 aromatic rings. The molecule has 0 aliphatic carbocycles. The zero-order valence-electron chi connectivity index (χ0n) is 12.6. The van der Waals surface area contributed by atoms with Crippen molar-refractivity contribution in [2.45, 2.75) is 6.42 Å². The molecule has 1 heterocycles. The van der Waals surface area contributed by atoms with Crippen LogP contribution in [0.3, 0.4) is 0 Å². The predicted molar refractivity (Wildman–Crippen MR) is 98.5 cm³/mol. The first kappa shape index (κ1) is 15.9. The molecule has 1 aliphatic rings. The summed E-state index contributed by atoms with van der Waals surface area (Å²) < 4.78 is 5.22. The molecule has 0 aromatic heterocycles. The molecule has 4 heteroatoms. The molecule has 0 saturated carbocycles. The first-order valence-corrected chi connectivity index (χ1v) is 7.96. The second kappa shape index (κ2) is 7.03. The topological polar surface area (TPSA) is 21.6 Å². The highest BCUT2D eigenvalue weighted by atomic mass is 35.5. The van der Waals surface area contributed by atoms with Gasteiger partial charge in [0.2, 0.25) is 0 Å². The molecule has 0 unspecified atom stereocenters. The lowest BCUT2D eigenvalue weighted by Crippen LogP contribution is -1.87. The third kappa shape index (κ3) is 3.84. The van der Waals surface area contributed by atoms with Crippen LogP contribution in [0.1, 0.15) is 17.5 Å². The average Bonchev–Trinajstić information content (AvgIpc) is 3.02. The Bertz CT molecular complexity index is 822. The van der Waals surface area contributed by atoms with Crippen molar-refractivity contribution in [1.82, 2.24) is 0 Å². The molecule has 2 aromatic carbocycles. The summed E-state index contributed by atoms with van der Waals surface area (Å²) >= 11 is 12.2. The maximum atomic E-state index is 6.24. The fourth-order valence-corrected chi connectivity index (χ4v) is 2.86. The molecular weight excluding hydrogens is 329 g/mol. The van der Waals surface area contributed by atoms with Crippen LogP contribution >= 0.6 is 23.2 Å². The fraction of sp³-hybridized carbons (Fsp3) is 0.105. The number of benzene rings is 2. The van der Waals surface area contributed by atoms with Crippen molar-refractivity contribution < 1.29 is 4.74 Å². The Morgan fingerprint density at radius 3 is 2.74 bits per heavy atom. The van der Waals surface area contributed by atoms with Crippen LogP contribution in [-0.2, 0) is 0 Å². The Morgan fingerprint density at radius 2 is 1.96 bits per heavy atom. The number of halogens is 2. The summed E-state index contributed by atoms with van der Waals surface area (Å²) in [7, 11) is 1.66. The Hall–Kier alpha value is -2.03. The lowest BCUT2D eigenvalue weighted by molar-refractivity contribution is 0.414. The van der Waals surface area contributed by atoms with E-state index >= 15 is 0 Å². The van der Waals surface area contributed by atoms with Gasteiger partial charge in [0.15, 0.2) is 0 Å². The number of ether oxygens (including phenoxy) is 1. The summed E-state index contributed by atoms with van der Waals surface area (Å²) in [5.41, 5.74) is 3.86. The highest BCUT2D eigenvalue weighted by molar-refractivity contribution is 6.35. The van der Waals surface area contributed by atoms with Crippen molar-refractivity contribution in [2.75, 3.05) is 7.11 Å². The zero-order valence-corrected chi connectivity index (χ0v) is 14.1. The van der Waals surface area contributed by atoms with Gasteiger partial charge in [0.25, 0.3) is 0 Å². The Kier molecular flexibility index (Phi) is 4.85. The zero-order chi connectivity index (χ0) is 16.2. The molecule has 0 bridgehead atoms. The molecule has 0 fully saturated rings. The molecule has 0 saturated heterocycles. The Balaban J connectivity index is 1.77. The van der Waals surface area contributed by atoms with Crippen LogP contribution in [0.5, 0.6) is 5.75 Å². The Labute approximate surface area is 145 Å². The van der Waals surface area contributed by atoms with Crippen molar-refractivity contribution in [1.29, 1.82) is 0 Å². The van der Waals surface area contributed by atoms with E-state index in [4.69, 9.17) is 27.9 Å². The van der Waals surface area contributed by atoms with Crippen LogP contribution in [0, 0.1) is 0 Å². The standard InChI is InChI=1S/C19H15Cl2NO/c1-23-16-4-2-3-13(11-16)5-7-15-8-10-19(22-15)17-9-6-14(20)12-18(17)21/h2-7,9-12H,8H2,1H3/b7-5+. The number of hydrogen-bond acceptors (Lipinski definition) is 2. The summed E-state index contributed by atoms with van der Waals surface area (Å²) in [6.07, 6.45) is 6.90. The maximum absolute atomic E-state index is 6.24. The number of aliphatic imine (C=N–C) groups is 1. The van der Waals surface area contributed by atoms with Crippen LogP contribution in [0.2, 0.25) is 10.0 Å². The van der Waals surface area contributed by atoms with Crippen molar-refractivity contribution >= 4 is 40.7 Å². The molecule has 1 aliphatic heterocycles. The number of methoxy groups -OCH3 is 1. The van der Waals surface area contributed by atoms with Gasteiger partial charge in [0.05, 0.1) is 17.8 Å². The van der Waals surface area contributed by atoms with Gasteiger partial charge in [-0.05, 0) is 42.0 Å². The van der Waals surface area contributed by atoms with E-state index in [-0.39, 0.29) is 0 Å². The third-order valence-corrected chi connectivity index (χ3v) is 4.09. The average molecular weight is 344 g/mol. The molecule has 3 rings (SSSR count). The summed E-state index contributed by atoms with van der Waals surface area (Å²) in [6.45, 7) is 0. The molecule has 0 N–H and O–H groups in total. The third-order valence-electron chi connectivity index (χ3n) is 3.54. The predicted octanol–water partition coefficient (Wildman–Crippen LogP) is 5.90. The van der Waals surface area contributed by atoms with E-state index in [1.165, 1.54) is 0 Å². The molecule has 0 spiro atoms. The lowest BCUT2D eigenvalue weighted by Gasteiger charge is -2.02. The maximum Gasteiger partial charge on any atom is 0.119 e. The van der Waals surface area contributed by atoms with E-state index in [1.54, 1.807) is 13.2 Å². The van der Waals surface area contributed by atoms with Gasteiger partial charge in [-0.25, -0.2) is 0 Å². The highest BCUT2D eigenvalue weighted by Crippen LogP contribution is 2.30. The largest absolute Gasteiger partial charge is 0.497 e. The smallest absolute Gasteiger partial charge is 0.119 e. The minimum Gasteiger partial charge on any atom is -0.497 e. The minimum absolute atomic E-state index is 0.616. The fourth-order valence-electron chi connectivity index (χ4n) is 2.36. The summed E-state index contributed by atoms with van der Waals surface area (Å²) in [6, 6.07) is 13.4. The van der Waals surface area contributed by atoms with Gasteiger partial charge in [-0.1, -0.05) is 47.5 Å². The number of rotatable bonds is 4. The number of nitrogens with zero attached hydrogens (tertiary/aromatic N) is 1. The molecule has 116 valence electrons. The first-order valence-electron chi connectivity index (χ1n) is 7.21. The number of allylic oxidation sites excluding steroid dienone is 2. The van der Waals surface area contributed by atoms with Gasteiger partial charge in [-0.15, -0.1) is 0 Å². The van der Waals surface area contributed by atoms with Crippen LogP contribution < -0.4 is 4.74 Å². The highest BCUT2D eigenvalue weighted by Gasteiger charge is 2.11. The van der Waals surface area contributed by atoms with E-state index < -0.39 is 0 Å². The van der Waals surface area contributed by atoms with Crippen LogP contribution in [0.25, 0.3) is 11.8 Å². The molecule has 0 atom stereocenters. The molecule has 2 nitrogen and oxygen atoms in total. The molecular formula is C19H15Cl2NO. The molecule has 0 amide bonds. The van der Waals surface area contributed by atoms with Crippen molar-refractivity contribution in [2.24, 2.45) is 4.99 Å². The Morgan fingerprint density at radius 1 is 1.09 bits per heavy atom. The van der Waals surface area contributed by atoms with E-state index in [9.17, 15) is 0 Å². The quantitative estimate of drug-likeness (QED) is 0.676. The second-order valence-electron chi connectivity index (χ2n) is 5.13. The molecule has 23 heavy (non-hydrogen) atoms. The van der Waals surface area contributed by atoms with Gasteiger partial charge in [-0.3, -0.25) is 4.99 Å². The van der Waals surface area contributed by atoms with Gasteiger partial charge < -0.3 is 4.74 Å². The second-order valence-corrected chi connectivity index (χ2v) is 5.97. The first-order chi connectivity index (χ1) is 11.2. The van der Waals surface area contributed by atoms with Crippen molar-refractivity contribution in [3.05, 3.63) is 75.8 Å². The lowest BCUT2D eigenvalue weighted by atomic mass is 10.1. The summed E-state index contributed by atoms with van der Waals surface area (Å²) in [5, 5.41) is 1.24. The van der Waals surface area contributed by atoms with E-state index in [2.05, 4.69) is 11.1 Å². The SMILES string of the molecule is COc1cccc(/C=C/C2=NC(c3ccc(Cl)cc3Cl)=CC2)c1. The van der Waals surface area contributed by atoms with Crippen LogP contribution in [0.15, 0.2) is 59.6 Å². The monoisotopic (exact) mass is 343 g/mol. The normalized spacial score (nSPS) is 14.0. The van der Waals surface area contributed by atoms with Gasteiger partial charge in [-0.2, -0.15) is 0 Å². The molecule has 0 radical (unpaired) electrons. The van der Waals surface area contributed by atoms with E-state index in [0.717, 1.165) is 34.7 Å². The number of hydrogen-bond donors (Lipinski definition) is 0. The van der Waals surface area contributed by atoms with E-state index in [0.29, 0.717) is 10.0 Å². The van der Waals surface area contributed by atoms with Crippen molar-refractivity contribution in [3.63, 3.8) is 0 Å². The summed E-state index contributed by atoms with van der Waals surface area (Å²) in [4.78, 5) is 4.64. The minimum atomic E-state index is 0.616. The van der Waals surface area contributed by atoms with Crippen molar-refractivity contribution in [3.8, 4) is 5.75 Å². The van der Waals surface area contributed by atoms with Gasteiger partial charge >= 0.3 is 0 Å². The van der Waals surface area contributed by atoms with Crippen LogP contribution in [0.4, 0.5) is 0 Å². The van der Waals surface area contributed by atoms with Crippen LogP contribution in [-0.4, -0.2) is 12.8 Å². The van der Waals surface area contributed by atoms with Gasteiger partial charge in [0, 0.05) is 22.7 Å². The van der Waals surface area contributed by atoms with Gasteiger partial charge in [0.1, 0.15) is 5.75 Å². The summed E-state index contributed by atoms with van der Waals surface area (Å²) in [5.74, 6) is 0.840. The van der Waals surface area contributed by atoms with E-state index in [1.807, 2.05) is 48.6 Å².